The highest BCUT2D eigenvalue weighted by Crippen LogP contribution is 2.30. The van der Waals surface area contributed by atoms with Crippen LogP contribution in [-0.2, 0) is 4.79 Å². The quantitative estimate of drug-likeness (QED) is 0.575. The summed E-state index contributed by atoms with van der Waals surface area (Å²) in [6, 6.07) is 5.33. The molecule has 3 N–H and O–H groups in total. The number of benzene rings is 1. The van der Waals surface area contributed by atoms with Crippen LogP contribution < -0.4 is 11.2 Å². The first kappa shape index (κ1) is 19.3. The topological polar surface area (TPSA) is 85.8 Å². The predicted molar refractivity (Wildman–Crippen MR) is 106 cm³/mol. The molecule has 1 heterocycles. The van der Waals surface area contributed by atoms with Gasteiger partial charge in [-0.3, -0.25) is 4.79 Å². The molecule has 1 aromatic heterocycles. The third-order valence-electron chi connectivity index (χ3n) is 4.55. The summed E-state index contributed by atoms with van der Waals surface area (Å²) in [5.41, 5.74) is 0.599. The summed E-state index contributed by atoms with van der Waals surface area (Å²) in [6.07, 6.45) is 4.42. The average Bonchev–Trinajstić information content (AvgIpc) is 2.98. The second kappa shape index (κ2) is 8.50. The van der Waals surface area contributed by atoms with Crippen LogP contribution in [0.5, 0.6) is 0 Å². The van der Waals surface area contributed by atoms with Crippen molar-refractivity contribution in [1.82, 2.24) is 20.2 Å². The second-order valence-corrected chi connectivity index (χ2v) is 8.40. The number of carbonyl (C=O) groups is 1. The van der Waals surface area contributed by atoms with Gasteiger partial charge in [-0.05, 0) is 49.8 Å². The van der Waals surface area contributed by atoms with Crippen LogP contribution in [-0.4, -0.2) is 32.6 Å². The molecular weight excluding hydrogens is 393 g/mol. The number of nitrogens with zero attached hydrogens (tertiary/aromatic N) is 3. The summed E-state index contributed by atoms with van der Waals surface area (Å²) in [4.78, 5) is 12.2. The lowest BCUT2D eigenvalue weighted by Crippen LogP contribution is -2.38. The van der Waals surface area contributed by atoms with E-state index in [1.54, 1.807) is 18.2 Å². The Bertz CT molecular complexity index is 789. The van der Waals surface area contributed by atoms with Crippen molar-refractivity contribution in [1.29, 1.82) is 0 Å². The van der Waals surface area contributed by atoms with Crippen molar-refractivity contribution < 1.29 is 4.79 Å². The van der Waals surface area contributed by atoms with E-state index in [4.69, 9.17) is 29.0 Å². The van der Waals surface area contributed by atoms with Crippen LogP contribution >= 0.6 is 35.0 Å². The Hall–Kier alpha value is -1.44. The molecule has 26 heavy (non-hydrogen) atoms. The summed E-state index contributed by atoms with van der Waals surface area (Å²) < 4.78 is 1.33. The SMILES string of the molecule is CC1CCC(NC(=O)CSc2nnc(-c3cc(Cl)ccc3Cl)n2N)CC1. The molecule has 0 unspecified atom stereocenters. The number of thioether (sulfide) groups is 1. The van der Waals surface area contributed by atoms with Gasteiger partial charge in [-0.15, -0.1) is 10.2 Å². The van der Waals surface area contributed by atoms with Crippen LogP contribution in [0.25, 0.3) is 11.4 Å². The number of nitrogens with two attached hydrogens (primary N) is 1. The highest BCUT2D eigenvalue weighted by atomic mass is 35.5. The van der Waals surface area contributed by atoms with Gasteiger partial charge in [0, 0.05) is 16.6 Å². The Morgan fingerprint density at radius 1 is 1.31 bits per heavy atom. The molecule has 0 radical (unpaired) electrons. The van der Waals surface area contributed by atoms with E-state index in [2.05, 4.69) is 22.4 Å². The standard InChI is InChI=1S/C17H21Cl2N5OS/c1-10-2-5-12(6-3-10)21-15(25)9-26-17-23-22-16(24(17)20)13-8-11(18)4-7-14(13)19/h4,7-8,10,12H,2-3,5-6,9,20H2,1H3,(H,21,25). The van der Waals surface area contributed by atoms with E-state index in [1.165, 1.54) is 29.3 Å². The molecule has 6 nitrogen and oxygen atoms in total. The smallest absolute Gasteiger partial charge is 0.230 e. The fourth-order valence-electron chi connectivity index (χ4n) is 3.03. The van der Waals surface area contributed by atoms with Crippen molar-refractivity contribution in [2.45, 2.75) is 43.8 Å². The first-order valence-electron chi connectivity index (χ1n) is 8.52. The van der Waals surface area contributed by atoms with E-state index in [0.29, 0.717) is 26.6 Å². The Kier molecular flexibility index (Phi) is 6.32. The Morgan fingerprint density at radius 3 is 2.77 bits per heavy atom. The summed E-state index contributed by atoms with van der Waals surface area (Å²) in [7, 11) is 0. The zero-order valence-electron chi connectivity index (χ0n) is 14.4. The van der Waals surface area contributed by atoms with Gasteiger partial charge in [0.25, 0.3) is 0 Å². The third-order valence-corrected chi connectivity index (χ3v) is 6.05. The summed E-state index contributed by atoms with van der Waals surface area (Å²) >= 11 is 13.5. The number of nitrogen functional groups attached to an aromatic ring is 1. The van der Waals surface area contributed by atoms with E-state index in [9.17, 15) is 4.79 Å². The number of rotatable bonds is 5. The molecule has 0 saturated heterocycles. The Morgan fingerprint density at radius 2 is 2.04 bits per heavy atom. The average molecular weight is 414 g/mol. The second-order valence-electron chi connectivity index (χ2n) is 6.61. The molecule has 0 atom stereocenters. The largest absolute Gasteiger partial charge is 0.353 e. The minimum atomic E-state index is -0.0140. The Balaban J connectivity index is 1.60. The number of nitrogens with one attached hydrogen (secondary N) is 1. The van der Waals surface area contributed by atoms with Crippen LogP contribution in [0.2, 0.25) is 10.0 Å². The van der Waals surface area contributed by atoms with Gasteiger partial charge in [0.15, 0.2) is 5.82 Å². The molecule has 3 rings (SSSR count). The highest BCUT2D eigenvalue weighted by Gasteiger charge is 2.21. The normalized spacial score (nSPS) is 20.1. The molecule has 1 fully saturated rings. The molecule has 1 aromatic carbocycles. The molecule has 9 heteroatoms. The molecule has 2 aromatic rings. The van der Waals surface area contributed by atoms with Crippen LogP contribution in [0, 0.1) is 5.92 Å². The minimum absolute atomic E-state index is 0.0140. The maximum absolute atomic E-state index is 12.2. The molecule has 0 spiro atoms. The predicted octanol–water partition coefficient (Wildman–Crippen LogP) is 3.75. The molecule has 140 valence electrons. The first-order chi connectivity index (χ1) is 12.4. The van der Waals surface area contributed by atoms with Crippen LogP contribution in [0.1, 0.15) is 32.6 Å². The maximum atomic E-state index is 12.2. The van der Waals surface area contributed by atoms with Crippen molar-refractivity contribution in [3.05, 3.63) is 28.2 Å². The number of carbonyl (C=O) groups excluding carboxylic acids is 1. The molecular formula is C17H21Cl2N5OS. The maximum Gasteiger partial charge on any atom is 0.230 e. The van der Waals surface area contributed by atoms with Gasteiger partial charge in [-0.25, -0.2) is 4.68 Å². The number of amides is 1. The van der Waals surface area contributed by atoms with Crippen molar-refractivity contribution in [2.24, 2.45) is 5.92 Å². The van der Waals surface area contributed by atoms with Crippen molar-refractivity contribution >= 4 is 40.9 Å². The lowest BCUT2D eigenvalue weighted by Gasteiger charge is -2.26. The fourth-order valence-corrected chi connectivity index (χ4v) is 4.07. The number of halogens is 2. The van der Waals surface area contributed by atoms with Gasteiger partial charge in [0.2, 0.25) is 11.1 Å². The number of aromatic nitrogens is 3. The zero-order valence-corrected chi connectivity index (χ0v) is 16.7. The lowest BCUT2D eigenvalue weighted by molar-refractivity contribution is -0.119. The highest BCUT2D eigenvalue weighted by molar-refractivity contribution is 7.99. The zero-order chi connectivity index (χ0) is 18.7. The van der Waals surface area contributed by atoms with Gasteiger partial charge in [-0.1, -0.05) is 41.9 Å². The van der Waals surface area contributed by atoms with E-state index < -0.39 is 0 Å². The van der Waals surface area contributed by atoms with Gasteiger partial charge < -0.3 is 11.2 Å². The van der Waals surface area contributed by atoms with E-state index in [1.807, 2.05) is 0 Å². The van der Waals surface area contributed by atoms with Crippen LogP contribution in [0.3, 0.4) is 0 Å². The van der Waals surface area contributed by atoms with E-state index in [0.717, 1.165) is 18.8 Å². The van der Waals surface area contributed by atoms with Crippen LogP contribution in [0.4, 0.5) is 0 Å². The molecule has 1 saturated carbocycles. The third kappa shape index (κ3) is 4.64. The summed E-state index contributed by atoms with van der Waals surface area (Å²) in [5, 5.41) is 12.7. The van der Waals surface area contributed by atoms with Crippen molar-refractivity contribution in [3.8, 4) is 11.4 Å². The molecule has 0 bridgehead atoms. The monoisotopic (exact) mass is 413 g/mol. The van der Waals surface area contributed by atoms with Gasteiger partial charge >= 0.3 is 0 Å². The van der Waals surface area contributed by atoms with Crippen LogP contribution in [0.15, 0.2) is 23.4 Å². The summed E-state index contributed by atoms with van der Waals surface area (Å²) in [6.45, 7) is 2.26. The van der Waals surface area contributed by atoms with Gasteiger partial charge in [-0.2, -0.15) is 0 Å². The van der Waals surface area contributed by atoms with Crippen molar-refractivity contribution in [2.75, 3.05) is 11.6 Å². The Labute approximate surface area is 166 Å². The minimum Gasteiger partial charge on any atom is -0.353 e. The lowest BCUT2D eigenvalue weighted by atomic mass is 9.87. The molecule has 1 aliphatic carbocycles. The van der Waals surface area contributed by atoms with E-state index in [-0.39, 0.29) is 17.7 Å². The van der Waals surface area contributed by atoms with Gasteiger partial charge in [0.1, 0.15) is 0 Å². The van der Waals surface area contributed by atoms with E-state index >= 15 is 0 Å². The van der Waals surface area contributed by atoms with Crippen molar-refractivity contribution in [3.63, 3.8) is 0 Å². The summed E-state index contributed by atoms with van der Waals surface area (Å²) in [5.74, 6) is 7.46. The number of hydrogen-bond donors (Lipinski definition) is 2. The number of hydrogen-bond acceptors (Lipinski definition) is 5. The molecule has 0 aliphatic heterocycles. The molecule has 1 amide bonds. The first-order valence-corrected chi connectivity index (χ1v) is 10.3. The van der Waals surface area contributed by atoms with Gasteiger partial charge in [0.05, 0.1) is 10.8 Å². The fraction of sp³-hybridized carbons (Fsp3) is 0.471. The molecule has 1 aliphatic rings.